The van der Waals surface area contributed by atoms with E-state index in [9.17, 15) is 9.59 Å². The number of benzene rings is 2. The second-order valence-electron chi connectivity index (χ2n) is 10.5. The van der Waals surface area contributed by atoms with Gasteiger partial charge in [0.05, 0.1) is 24.3 Å². The normalized spacial score (nSPS) is 15.2. The Morgan fingerprint density at radius 3 is 2.50 bits per heavy atom. The average Bonchev–Trinajstić information content (AvgIpc) is 3.26. The zero-order chi connectivity index (χ0) is 27.3. The van der Waals surface area contributed by atoms with Crippen molar-refractivity contribution in [2.75, 3.05) is 18.5 Å². The number of hydrogen-bond acceptors (Lipinski definition) is 6. The average molecular weight is 533 g/mol. The third-order valence-electron chi connectivity index (χ3n) is 6.89. The summed E-state index contributed by atoms with van der Waals surface area (Å²) < 4.78 is 10.8. The maximum absolute atomic E-state index is 13.7. The summed E-state index contributed by atoms with van der Waals surface area (Å²) >= 11 is 1.61. The minimum atomic E-state index is -0.380. The van der Waals surface area contributed by atoms with Crippen molar-refractivity contribution in [1.82, 2.24) is 0 Å². The third kappa shape index (κ3) is 6.33. The number of carbonyl (C=O) groups excluding carboxylic acids is 2. The topological polar surface area (TPSA) is 77.0 Å². The molecule has 0 unspecified atom stereocenters. The van der Waals surface area contributed by atoms with Crippen molar-refractivity contribution in [3.8, 4) is 5.75 Å². The van der Waals surface area contributed by atoms with Gasteiger partial charge in [-0.15, -0.1) is 11.3 Å². The van der Waals surface area contributed by atoms with Crippen LogP contribution in [0.15, 0.2) is 53.5 Å². The van der Waals surface area contributed by atoms with E-state index in [2.05, 4.69) is 26.1 Å². The number of hydrogen-bond donors (Lipinski definition) is 1. The van der Waals surface area contributed by atoms with Crippen LogP contribution in [0.25, 0.3) is 0 Å². The zero-order valence-electron chi connectivity index (χ0n) is 22.8. The van der Waals surface area contributed by atoms with Crippen LogP contribution in [0.4, 0.5) is 10.7 Å². The predicted molar refractivity (Wildman–Crippen MR) is 155 cm³/mol. The molecule has 200 valence electrons. The predicted octanol–water partition coefficient (Wildman–Crippen LogP) is 7.48. The first-order valence-electron chi connectivity index (χ1n) is 13.2. The molecular formula is C31H36N2O4S. The molecule has 2 aromatic carbocycles. The highest BCUT2D eigenvalue weighted by Gasteiger charge is 2.33. The van der Waals surface area contributed by atoms with Crippen LogP contribution in [0.3, 0.4) is 0 Å². The molecule has 0 radical (unpaired) electrons. The Bertz CT molecular complexity index is 1320. The van der Waals surface area contributed by atoms with E-state index >= 15 is 0 Å². The van der Waals surface area contributed by atoms with Gasteiger partial charge in [0.1, 0.15) is 10.8 Å². The van der Waals surface area contributed by atoms with Crippen LogP contribution in [0.5, 0.6) is 5.75 Å². The summed E-state index contributed by atoms with van der Waals surface area (Å²) in [5, 5.41) is 3.73. The number of rotatable bonds is 8. The highest BCUT2D eigenvalue weighted by atomic mass is 32.1. The van der Waals surface area contributed by atoms with Gasteiger partial charge in [-0.2, -0.15) is 0 Å². The molecule has 38 heavy (non-hydrogen) atoms. The van der Waals surface area contributed by atoms with Crippen molar-refractivity contribution in [3.63, 3.8) is 0 Å². The molecule has 4 rings (SSSR count). The Hall–Kier alpha value is -3.45. The molecule has 6 nitrogen and oxygen atoms in total. The Balaban J connectivity index is 1.66. The van der Waals surface area contributed by atoms with Gasteiger partial charge in [0, 0.05) is 22.3 Å². The number of aliphatic imine (C=N–C) groups is 1. The van der Waals surface area contributed by atoms with Crippen molar-refractivity contribution < 1.29 is 19.1 Å². The molecule has 1 amide bonds. The number of nitrogens with zero attached hydrogens (tertiary/aromatic N) is 1. The smallest absolute Gasteiger partial charge is 0.338 e. The van der Waals surface area contributed by atoms with Gasteiger partial charge in [0.15, 0.2) is 0 Å². The number of esters is 1. The first-order valence-corrected chi connectivity index (χ1v) is 14.0. The Morgan fingerprint density at radius 1 is 1.08 bits per heavy atom. The second-order valence-corrected chi connectivity index (χ2v) is 11.6. The van der Waals surface area contributed by atoms with Crippen molar-refractivity contribution in [2.45, 2.75) is 53.9 Å². The highest BCUT2D eigenvalue weighted by Crippen LogP contribution is 2.45. The van der Waals surface area contributed by atoms with Gasteiger partial charge in [-0.25, -0.2) is 9.79 Å². The van der Waals surface area contributed by atoms with E-state index in [1.54, 1.807) is 48.7 Å². The number of fused-ring (bicyclic) bond motifs is 1. The third-order valence-corrected chi connectivity index (χ3v) is 8.05. The standard InChI is InChI=1S/C31H36N2O4S/c1-6-36-25-11-9-8-10-21(25)19-32-29-27(24-17-14-22(31(3,4)5)18-26(24)38-29)28(34)33-23-15-12-20(13-16-23)30(35)37-7-2/h8-13,15-16,19,22H,6-7,14,17-18H2,1-5H3,(H,33,34)/t22-/m1/s1. The molecule has 0 aliphatic heterocycles. The van der Waals surface area contributed by atoms with Crippen molar-refractivity contribution in [2.24, 2.45) is 16.3 Å². The summed E-state index contributed by atoms with van der Waals surface area (Å²) in [6.45, 7) is 11.5. The first-order chi connectivity index (χ1) is 18.2. The SMILES string of the molecule is CCOC(=O)c1ccc(NC(=O)c2c(N=Cc3ccccc3OCC)sc3c2CC[C@@H](C(C)(C)C)C3)cc1. The molecule has 7 heteroatoms. The molecule has 1 aliphatic rings. The van der Waals surface area contributed by atoms with E-state index in [1.807, 2.05) is 31.2 Å². The van der Waals surface area contributed by atoms with E-state index in [1.165, 1.54) is 4.88 Å². The molecule has 1 aliphatic carbocycles. The van der Waals surface area contributed by atoms with Crippen LogP contribution in [0.1, 0.15) is 77.8 Å². The fraction of sp³-hybridized carbons (Fsp3) is 0.387. The summed E-state index contributed by atoms with van der Waals surface area (Å²) in [7, 11) is 0. The largest absolute Gasteiger partial charge is 0.493 e. The van der Waals surface area contributed by atoms with Gasteiger partial charge < -0.3 is 14.8 Å². The molecule has 0 fully saturated rings. The lowest BCUT2D eigenvalue weighted by Crippen LogP contribution is -2.27. The second kappa shape index (κ2) is 11.9. The van der Waals surface area contributed by atoms with E-state index in [-0.39, 0.29) is 17.3 Å². The van der Waals surface area contributed by atoms with Crippen LogP contribution in [-0.2, 0) is 17.6 Å². The molecule has 3 aromatic rings. The fourth-order valence-corrected chi connectivity index (χ4v) is 6.00. The lowest BCUT2D eigenvalue weighted by molar-refractivity contribution is 0.0526. The minimum Gasteiger partial charge on any atom is -0.493 e. The van der Waals surface area contributed by atoms with Crippen LogP contribution in [-0.4, -0.2) is 31.3 Å². The van der Waals surface area contributed by atoms with Gasteiger partial charge in [0.2, 0.25) is 0 Å². The molecule has 0 saturated carbocycles. The molecule has 1 aromatic heterocycles. The zero-order valence-corrected chi connectivity index (χ0v) is 23.6. The lowest BCUT2D eigenvalue weighted by atomic mass is 9.72. The van der Waals surface area contributed by atoms with Gasteiger partial charge in [-0.3, -0.25) is 4.79 Å². The van der Waals surface area contributed by atoms with Crippen LogP contribution >= 0.6 is 11.3 Å². The molecule has 0 bridgehead atoms. The number of thiophene rings is 1. The number of carbonyl (C=O) groups is 2. The van der Waals surface area contributed by atoms with Crippen LogP contribution in [0.2, 0.25) is 0 Å². The molecule has 1 atom stereocenters. The highest BCUT2D eigenvalue weighted by molar-refractivity contribution is 7.16. The first kappa shape index (κ1) is 27.6. The quantitative estimate of drug-likeness (QED) is 0.241. The molecule has 0 spiro atoms. The number of ether oxygens (including phenoxy) is 2. The summed E-state index contributed by atoms with van der Waals surface area (Å²) in [5.41, 5.74) is 3.87. The van der Waals surface area contributed by atoms with Gasteiger partial charge in [-0.1, -0.05) is 32.9 Å². The summed E-state index contributed by atoms with van der Waals surface area (Å²) in [5.74, 6) is 0.747. The number of amides is 1. The molecule has 1 heterocycles. The van der Waals surface area contributed by atoms with E-state index < -0.39 is 0 Å². The van der Waals surface area contributed by atoms with E-state index in [4.69, 9.17) is 14.5 Å². The molecule has 1 N–H and O–H groups in total. The molecule has 0 saturated heterocycles. The Labute approximate surface area is 229 Å². The fourth-order valence-electron chi connectivity index (χ4n) is 4.74. The summed E-state index contributed by atoms with van der Waals surface area (Å²) in [4.78, 5) is 31.7. The minimum absolute atomic E-state index is 0.189. The van der Waals surface area contributed by atoms with E-state index in [0.29, 0.717) is 40.9 Å². The lowest BCUT2D eigenvalue weighted by Gasteiger charge is -2.33. The van der Waals surface area contributed by atoms with Gasteiger partial charge >= 0.3 is 5.97 Å². The van der Waals surface area contributed by atoms with Crippen LogP contribution < -0.4 is 10.1 Å². The number of nitrogens with one attached hydrogen (secondary N) is 1. The summed E-state index contributed by atoms with van der Waals surface area (Å²) in [6.07, 6.45) is 4.62. The van der Waals surface area contributed by atoms with Crippen molar-refractivity contribution in [1.29, 1.82) is 0 Å². The number of anilines is 1. The maximum Gasteiger partial charge on any atom is 0.338 e. The Morgan fingerprint density at radius 2 is 1.82 bits per heavy atom. The Kier molecular flexibility index (Phi) is 8.67. The van der Waals surface area contributed by atoms with Crippen molar-refractivity contribution in [3.05, 3.63) is 75.7 Å². The van der Waals surface area contributed by atoms with Gasteiger partial charge in [0.25, 0.3) is 5.91 Å². The van der Waals surface area contributed by atoms with Gasteiger partial charge in [-0.05, 0) is 86.4 Å². The molecular weight excluding hydrogens is 496 g/mol. The summed E-state index contributed by atoms with van der Waals surface area (Å²) in [6, 6.07) is 14.5. The monoisotopic (exact) mass is 532 g/mol. The van der Waals surface area contributed by atoms with E-state index in [0.717, 1.165) is 36.1 Å². The maximum atomic E-state index is 13.7. The number of para-hydroxylation sites is 1. The van der Waals surface area contributed by atoms with Crippen LogP contribution in [0, 0.1) is 11.3 Å². The van der Waals surface area contributed by atoms with Crippen molar-refractivity contribution >= 4 is 40.1 Å².